The molecule has 0 aromatic heterocycles. The zero-order valence-corrected chi connectivity index (χ0v) is 11.8. The number of hydrogen-bond donors (Lipinski definition) is 1. The number of benzene rings is 1. The van der Waals surface area contributed by atoms with Gasteiger partial charge in [-0.2, -0.15) is 0 Å². The minimum Gasteiger partial charge on any atom is -0.310 e. The molecule has 0 bridgehead atoms. The largest absolute Gasteiger partial charge is 0.310 e. The molecule has 1 fully saturated rings. The summed E-state index contributed by atoms with van der Waals surface area (Å²) in [7, 11) is 0. The van der Waals surface area contributed by atoms with E-state index in [0.29, 0.717) is 0 Å². The Labute approximate surface area is 110 Å². The lowest BCUT2D eigenvalue weighted by Crippen LogP contribution is -2.52. The summed E-state index contributed by atoms with van der Waals surface area (Å²) >= 11 is 6.07. The molecule has 0 aliphatic carbocycles. The maximum atomic E-state index is 6.07. The Balaban J connectivity index is 2.25. The van der Waals surface area contributed by atoms with Crippen molar-refractivity contribution < 1.29 is 0 Å². The number of hydrogen-bond acceptors (Lipinski definition) is 1. The number of rotatable bonds is 2. The summed E-state index contributed by atoms with van der Waals surface area (Å²) < 4.78 is 0. The maximum absolute atomic E-state index is 6.07. The van der Waals surface area contributed by atoms with E-state index in [-0.39, 0.29) is 11.0 Å². The first kappa shape index (κ1) is 12.9. The van der Waals surface area contributed by atoms with E-state index < -0.39 is 0 Å². The maximum Gasteiger partial charge on any atom is 0.0408 e. The van der Waals surface area contributed by atoms with Crippen LogP contribution in [0.3, 0.4) is 0 Å². The van der Waals surface area contributed by atoms with Gasteiger partial charge in [-0.3, -0.25) is 0 Å². The smallest absolute Gasteiger partial charge is 0.0408 e. The van der Waals surface area contributed by atoms with Crippen LogP contribution in [0.4, 0.5) is 0 Å². The Morgan fingerprint density at radius 3 is 2.65 bits per heavy atom. The second-order valence-corrected chi connectivity index (χ2v) is 6.61. The van der Waals surface area contributed by atoms with Crippen LogP contribution >= 0.6 is 11.6 Å². The lowest BCUT2D eigenvalue weighted by molar-refractivity contribution is 0.159. The molecule has 1 aromatic rings. The molecule has 1 heterocycles. The van der Waals surface area contributed by atoms with Gasteiger partial charge < -0.3 is 5.32 Å². The van der Waals surface area contributed by atoms with Crippen LogP contribution in [0.1, 0.15) is 39.2 Å². The van der Waals surface area contributed by atoms with Gasteiger partial charge in [-0.05, 0) is 48.9 Å². The van der Waals surface area contributed by atoms with Crippen molar-refractivity contribution in [3.05, 3.63) is 34.9 Å². The molecule has 1 aliphatic heterocycles. The van der Waals surface area contributed by atoms with Crippen LogP contribution in [0.5, 0.6) is 0 Å². The second kappa shape index (κ2) is 4.62. The molecule has 1 aromatic carbocycles. The van der Waals surface area contributed by atoms with E-state index in [1.807, 2.05) is 12.1 Å². The normalized spacial score (nSPS) is 25.2. The Morgan fingerprint density at radius 1 is 1.35 bits per heavy atom. The van der Waals surface area contributed by atoms with Gasteiger partial charge in [0.05, 0.1) is 0 Å². The van der Waals surface area contributed by atoms with E-state index in [4.69, 9.17) is 11.6 Å². The fourth-order valence-electron chi connectivity index (χ4n) is 2.86. The van der Waals surface area contributed by atoms with Gasteiger partial charge in [0, 0.05) is 10.6 Å². The summed E-state index contributed by atoms with van der Waals surface area (Å²) in [4.78, 5) is 0. The highest BCUT2D eigenvalue weighted by molar-refractivity contribution is 6.30. The molecule has 0 amide bonds. The van der Waals surface area contributed by atoms with Crippen LogP contribution in [-0.4, -0.2) is 12.1 Å². The van der Waals surface area contributed by atoms with Crippen LogP contribution in [0.15, 0.2) is 24.3 Å². The Bertz CT molecular complexity index is 386. The third-order valence-electron chi connectivity index (χ3n) is 4.07. The van der Waals surface area contributed by atoms with E-state index in [2.05, 4.69) is 38.2 Å². The van der Waals surface area contributed by atoms with E-state index in [9.17, 15) is 0 Å². The summed E-state index contributed by atoms with van der Waals surface area (Å²) in [6.45, 7) is 8.12. The van der Waals surface area contributed by atoms with Gasteiger partial charge in [0.1, 0.15) is 0 Å². The molecule has 2 heteroatoms. The molecule has 1 N–H and O–H groups in total. The minimum atomic E-state index is 0.220. The fourth-order valence-corrected chi connectivity index (χ4v) is 3.07. The van der Waals surface area contributed by atoms with Crippen LogP contribution in [0.2, 0.25) is 5.02 Å². The summed E-state index contributed by atoms with van der Waals surface area (Å²) in [6, 6.07) is 8.26. The second-order valence-electron chi connectivity index (χ2n) is 6.17. The van der Waals surface area contributed by atoms with Crippen LogP contribution < -0.4 is 5.32 Å². The van der Waals surface area contributed by atoms with Gasteiger partial charge in [-0.15, -0.1) is 0 Å². The lowest BCUT2D eigenvalue weighted by Gasteiger charge is -2.42. The van der Waals surface area contributed by atoms with Crippen molar-refractivity contribution in [1.82, 2.24) is 5.32 Å². The monoisotopic (exact) mass is 251 g/mol. The summed E-state index contributed by atoms with van der Waals surface area (Å²) in [6.07, 6.45) is 3.60. The summed E-state index contributed by atoms with van der Waals surface area (Å²) in [5, 5.41) is 4.57. The molecule has 17 heavy (non-hydrogen) atoms. The molecule has 1 nitrogen and oxygen atoms in total. The predicted octanol–water partition coefficient (Wildman–Crippen LogP) is 4.05. The van der Waals surface area contributed by atoms with Gasteiger partial charge in [-0.25, -0.2) is 0 Å². The third-order valence-corrected chi connectivity index (χ3v) is 4.31. The van der Waals surface area contributed by atoms with Crippen molar-refractivity contribution in [2.45, 2.75) is 45.6 Å². The van der Waals surface area contributed by atoms with Gasteiger partial charge in [0.25, 0.3) is 0 Å². The predicted molar refractivity (Wildman–Crippen MR) is 74.6 cm³/mol. The van der Waals surface area contributed by atoms with Crippen molar-refractivity contribution in [2.75, 3.05) is 6.54 Å². The fraction of sp³-hybridized carbons (Fsp3) is 0.600. The van der Waals surface area contributed by atoms with Crippen molar-refractivity contribution in [2.24, 2.45) is 5.41 Å². The average molecular weight is 252 g/mol. The highest BCUT2D eigenvalue weighted by Gasteiger charge is 2.43. The summed E-state index contributed by atoms with van der Waals surface area (Å²) in [5.74, 6) is 0. The molecular weight excluding hydrogens is 230 g/mol. The van der Waals surface area contributed by atoms with Crippen LogP contribution in [0.25, 0.3) is 0 Å². The quantitative estimate of drug-likeness (QED) is 0.836. The molecule has 1 unspecified atom stereocenters. The molecular formula is C15H22ClN. The average Bonchev–Trinajstić information content (AvgIpc) is 2.66. The molecule has 94 valence electrons. The topological polar surface area (TPSA) is 12.0 Å². The van der Waals surface area contributed by atoms with Crippen molar-refractivity contribution in [1.29, 1.82) is 0 Å². The zero-order valence-electron chi connectivity index (χ0n) is 11.0. The molecule has 1 saturated heterocycles. The molecule has 1 atom stereocenters. The van der Waals surface area contributed by atoms with Crippen molar-refractivity contribution in [3.8, 4) is 0 Å². The SMILES string of the molecule is CC(C)(C)C1(Cc2cccc(Cl)c2)CCCN1. The first-order valence-electron chi connectivity index (χ1n) is 6.42. The van der Waals surface area contributed by atoms with Crippen molar-refractivity contribution in [3.63, 3.8) is 0 Å². The zero-order chi connectivity index (χ0) is 12.5. The first-order valence-corrected chi connectivity index (χ1v) is 6.80. The third kappa shape index (κ3) is 2.66. The van der Waals surface area contributed by atoms with Crippen molar-refractivity contribution >= 4 is 11.6 Å². The number of nitrogens with one attached hydrogen (secondary N) is 1. The first-order chi connectivity index (χ1) is 7.93. The Kier molecular flexibility index (Phi) is 3.51. The minimum absolute atomic E-state index is 0.220. The highest BCUT2D eigenvalue weighted by atomic mass is 35.5. The molecule has 1 aliphatic rings. The summed E-state index contributed by atoms with van der Waals surface area (Å²) in [5.41, 5.74) is 1.82. The van der Waals surface area contributed by atoms with Gasteiger partial charge in [0.2, 0.25) is 0 Å². The van der Waals surface area contributed by atoms with E-state index in [1.165, 1.54) is 18.4 Å². The Hall–Kier alpha value is -0.530. The van der Waals surface area contributed by atoms with Gasteiger partial charge in [0.15, 0.2) is 0 Å². The van der Waals surface area contributed by atoms with Gasteiger partial charge >= 0.3 is 0 Å². The molecule has 0 saturated carbocycles. The standard InChI is InChI=1S/C15H22ClN/c1-14(2,3)15(8-5-9-17-15)11-12-6-4-7-13(16)10-12/h4,6-7,10,17H,5,8-9,11H2,1-3H3. The van der Waals surface area contributed by atoms with Gasteiger partial charge in [-0.1, -0.05) is 44.5 Å². The van der Waals surface area contributed by atoms with Crippen LogP contribution in [-0.2, 0) is 6.42 Å². The lowest BCUT2D eigenvalue weighted by atomic mass is 9.69. The number of halogens is 1. The van der Waals surface area contributed by atoms with E-state index in [1.54, 1.807) is 0 Å². The van der Waals surface area contributed by atoms with Crippen LogP contribution in [0, 0.1) is 5.41 Å². The molecule has 0 radical (unpaired) electrons. The highest BCUT2D eigenvalue weighted by Crippen LogP contribution is 2.40. The molecule has 0 spiro atoms. The molecule has 2 rings (SSSR count). The van der Waals surface area contributed by atoms with E-state index >= 15 is 0 Å². The Morgan fingerprint density at radius 2 is 2.12 bits per heavy atom. The van der Waals surface area contributed by atoms with E-state index in [0.717, 1.165) is 18.0 Å².